The fourth-order valence-electron chi connectivity index (χ4n) is 0.979. The van der Waals surface area contributed by atoms with E-state index in [4.69, 9.17) is 8.74 Å². The molecule has 0 amide bonds. The molecule has 4 nitrogen and oxygen atoms in total. The first kappa shape index (κ1) is 12.5. The molecule has 0 aliphatic rings. The molecule has 0 heterocycles. The van der Waals surface area contributed by atoms with Crippen LogP contribution in [-0.4, -0.2) is 13.2 Å². The molecule has 0 aliphatic carbocycles. The first-order valence-electron chi connectivity index (χ1n) is 4.57. The molecular weight excluding hydrogens is 231 g/mol. The van der Waals surface area contributed by atoms with E-state index in [-0.39, 0.29) is 0 Å². The summed E-state index contributed by atoms with van der Waals surface area (Å²) in [4.78, 5) is 9.45. The van der Waals surface area contributed by atoms with Crippen molar-refractivity contribution in [3.05, 3.63) is 30.3 Å². The Bertz CT molecular complexity index is 360. The highest BCUT2D eigenvalue weighted by Crippen LogP contribution is 2.46. The summed E-state index contributed by atoms with van der Waals surface area (Å²) in [5, 5.41) is 0. The Hall–Kier alpha value is -0.613. The van der Waals surface area contributed by atoms with Gasteiger partial charge in [-0.25, -0.2) is 4.57 Å². The van der Waals surface area contributed by atoms with E-state index in [1.807, 2.05) is 19.6 Å². The van der Waals surface area contributed by atoms with E-state index >= 15 is 0 Å². The van der Waals surface area contributed by atoms with Crippen molar-refractivity contribution in [3.8, 4) is 5.75 Å². The minimum Gasteiger partial charge on any atom is -0.405 e. The third kappa shape index (κ3) is 5.13. The maximum Gasteiger partial charge on any atom is 0.517 e. The number of phosphoric ester groups is 1. The molecule has 0 spiro atoms. The molecule has 0 fully saturated rings. The number of phosphoric acid groups is 1. The Labute approximate surface area is 90.6 Å². The van der Waals surface area contributed by atoms with Gasteiger partial charge in [-0.05, 0) is 31.8 Å². The van der Waals surface area contributed by atoms with Crippen molar-refractivity contribution in [1.82, 2.24) is 0 Å². The molecule has 84 valence electrons. The van der Waals surface area contributed by atoms with Crippen LogP contribution >= 0.6 is 7.82 Å². The van der Waals surface area contributed by atoms with Gasteiger partial charge in [-0.1, -0.05) is 18.2 Å². The van der Waals surface area contributed by atoms with Gasteiger partial charge in [0.05, 0.1) is 0 Å². The zero-order valence-electron chi connectivity index (χ0n) is 9.01. The van der Waals surface area contributed by atoms with Crippen molar-refractivity contribution in [2.24, 2.45) is 0 Å². The molecule has 1 aromatic carbocycles. The first-order valence-corrected chi connectivity index (χ1v) is 9.47. The van der Waals surface area contributed by atoms with Gasteiger partial charge < -0.3 is 8.74 Å². The Morgan fingerprint density at radius 1 is 1.20 bits per heavy atom. The van der Waals surface area contributed by atoms with Crippen molar-refractivity contribution in [1.29, 1.82) is 0 Å². The smallest absolute Gasteiger partial charge is 0.405 e. The number of para-hydroxylation sites is 1. The number of hydrogen-bond acceptors (Lipinski definition) is 3. The van der Waals surface area contributed by atoms with Crippen molar-refractivity contribution < 1.29 is 18.2 Å². The summed E-state index contributed by atoms with van der Waals surface area (Å²) >= 11 is 0. The lowest BCUT2D eigenvalue weighted by molar-refractivity contribution is 0.289. The van der Waals surface area contributed by atoms with Gasteiger partial charge in [-0.2, -0.15) is 0 Å². The fourth-order valence-corrected chi connectivity index (χ4v) is 4.29. The minimum absolute atomic E-state index is 0.335. The average Bonchev–Trinajstić information content (AvgIpc) is 1.99. The summed E-state index contributed by atoms with van der Waals surface area (Å²) < 4.78 is 21.5. The van der Waals surface area contributed by atoms with E-state index in [2.05, 4.69) is 0 Å². The maximum absolute atomic E-state index is 11.5. The predicted molar refractivity (Wildman–Crippen MR) is 61.3 cm³/mol. The van der Waals surface area contributed by atoms with Crippen molar-refractivity contribution in [2.75, 3.05) is 0 Å². The van der Waals surface area contributed by atoms with Gasteiger partial charge in [0.25, 0.3) is 0 Å². The molecule has 6 heteroatoms. The van der Waals surface area contributed by atoms with Crippen molar-refractivity contribution in [3.63, 3.8) is 0 Å². The molecule has 1 unspecified atom stereocenters. The molecule has 1 aromatic rings. The molecule has 1 rings (SSSR count). The maximum atomic E-state index is 11.5. The molecule has 0 radical (unpaired) electrons. The third-order valence-corrected chi connectivity index (χ3v) is 4.91. The second-order valence-electron chi connectivity index (χ2n) is 4.08. The van der Waals surface area contributed by atoms with E-state index in [1.54, 1.807) is 30.3 Å². The quantitative estimate of drug-likeness (QED) is 0.655. The highest BCUT2D eigenvalue weighted by molar-refractivity contribution is 7.49. The molecular formula is C9H15O4PSi. The van der Waals surface area contributed by atoms with Crippen LogP contribution in [0.5, 0.6) is 5.75 Å². The van der Waals surface area contributed by atoms with E-state index in [1.165, 1.54) is 0 Å². The zero-order chi connectivity index (χ0) is 11.5. The Morgan fingerprint density at radius 2 is 1.73 bits per heavy atom. The molecule has 0 bridgehead atoms. The van der Waals surface area contributed by atoms with Crippen LogP contribution in [-0.2, 0) is 8.78 Å². The van der Waals surface area contributed by atoms with Gasteiger partial charge in [0, 0.05) is 0 Å². The van der Waals surface area contributed by atoms with Crippen LogP contribution in [0.25, 0.3) is 0 Å². The zero-order valence-corrected chi connectivity index (χ0v) is 10.9. The SMILES string of the molecule is C[Si](C)(C)OP(=O)(O)Oc1ccccc1. The molecule has 1 N–H and O–H groups in total. The van der Waals surface area contributed by atoms with E-state index in [0.717, 1.165) is 0 Å². The summed E-state index contributed by atoms with van der Waals surface area (Å²) in [6, 6.07) is 8.47. The standard InChI is InChI=1S/C9H15O4PSi/c1-15(2,3)13-14(10,11)12-9-7-5-4-6-8-9/h4-8H,1-3H3,(H,10,11). The highest BCUT2D eigenvalue weighted by Gasteiger charge is 2.31. The summed E-state index contributed by atoms with van der Waals surface area (Å²) in [5.41, 5.74) is 0. The third-order valence-electron chi connectivity index (χ3n) is 1.35. The van der Waals surface area contributed by atoms with Gasteiger partial charge in [0.15, 0.2) is 8.32 Å². The van der Waals surface area contributed by atoms with Crippen LogP contribution in [0.2, 0.25) is 19.6 Å². The fraction of sp³-hybridized carbons (Fsp3) is 0.333. The molecule has 1 atom stereocenters. The van der Waals surface area contributed by atoms with Crippen LogP contribution in [0.1, 0.15) is 0 Å². The van der Waals surface area contributed by atoms with Crippen LogP contribution in [0.15, 0.2) is 30.3 Å². The summed E-state index contributed by atoms with van der Waals surface area (Å²) in [7, 11) is -6.06. The number of rotatable bonds is 4. The van der Waals surface area contributed by atoms with E-state index in [9.17, 15) is 9.46 Å². The van der Waals surface area contributed by atoms with E-state index < -0.39 is 16.1 Å². The lowest BCUT2D eigenvalue weighted by Crippen LogP contribution is -2.24. The van der Waals surface area contributed by atoms with Crippen molar-refractivity contribution >= 4 is 16.1 Å². The lowest BCUT2D eigenvalue weighted by atomic mass is 10.3. The van der Waals surface area contributed by atoms with Crippen LogP contribution < -0.4 is 4.52 Å². The van der Waals surface area contributed by atoms with Gasteiger partial charge >= 0.3 is 7.82 Å². The molecule has 15 heavy (non-hydrogen) atoms. The Balaban J connectivity index is 2.69. The second kappa shape index (κ2) is 4.49. The summed E-state index contributed by atoms with van der Waals surface area (Å²) in [5.74, 6) is 0.335. The number of benzene rings is 1. The second-order valence-corrected chi connectivity index (χ2v) is 10.2. The summed E-state index contributed by atoms with van der Waals surface area (Å²) in [6.07, 6.45) is 0. The first-order chi connectivity index (χ1) is 6.79. The van der Waals surface area contributed by atoms with Gasteiger partial charge in [-0.3, -0.25) is 4.89 Å². The topological polar surface area (TPSA) is 55.8 Å². The largest absolute Gasteiger partial charge is 0.517 e. The van der Waals surface area contributed by atoms with Crippen LogP contribution in [0, 0.1) is 0 Å². The van der Waals surface area contributed by atoms with Gasteiger partial charge in [0.2, 0.25) is 0 Å². The average molecular weight is 246 g/mol. The van der Waals surface area contributed by atoms with Crippen LogP contribution in [0.4, 0.5) is 0 Å². The Morgan fingerprint density at radius 3 is 2.20 bits per heavy atom. The molecule has 0 saturated carbocycles. The molecule has 0 aliphatic heterocycles. The summed E-state index contributed by atoms with van der Waals surface area (Å²) in [6.45, 7) is 5.47. The Kier molecular flexibility index (Phi) is 3.73. The predicted octanol–water partition coefficient (Wildman–Crippen LogP) is 3.02. The number of hydrogen-bond donors (Lipinski definition) is 1. The van der Waals surface area contributed by atoms with E-state index in [0.29, 0.717) is 5.75 Å². The van der Waals surface area contributed by atoms with Gasteiger partial charge in [-0.15, -0.1) is 0 Å². The lowest BCUT2D eigenvalue weighted by Gasteiger charge is -2.21. The van der Waals surface area contributed by atoms with Crippen molar-refractivity contribution in [2.45, 2.75) is 19.6 Å². The monoisotopic (exact) mass is 246 g/mol. The van der Waals surface area contributed by atoms with Gasteiger partial charge in [0.1, 0.15) is 5.75 Å². The minimum atomic E-state index is -3.97. The van der Waals surface area contributed by atoms with Crippen LogP contribution in [0.3, 0.4) is 0 Å². The highest BCUT2D eigenvalue weighted by atomic mass is 31.2. The normalized spacial score (nSPS) is 15.7. The molecule has 0 saturated heterocycles. The molecule has 0 aromatic heterocycles.